The van der Waals surface area contributed by atoms with Gasteiger partial charge in [-0.15, -0.1) is 0 Å². The molecule has 1 atom stereocenters. The van der Waals surface area contributed by atoms with Crippen LogP contribution in [0, 0.1) is 0 Å². The van der Waals surface area contributed by atoms with Gasteiger partial charge in [0.25, 0.3) is 0 Å². The van der Waals surface area contributed by atoms with E-state index in [9.17, 15) is 0 Å². The standard InChI is InChI=1S/C50H35N/c1-2-17-36(18-3-1)51-48-24-11-10-22-43(48)47-31-44(46-30-34-15-6-9-21-39(34)49(46)50(47)51)35-26-28-42-41(40-23-12-16-32-13-4-7-19-37(32)40)27-25-33-14-5-8-20-38(33)45(42)29-35/h1-24,26,28-29,31,41H,25,27,30H2. The number of aryl methyl sites for hydroxylation is 1. The molecule has 0 fully saturated rings. The van der Waals surface area contributed by atoms with Crippen LogP contribution in [0.2, 0.25) is 0 Å². The lowest BCUT2D eigenvalue weighted by molar-refractivity contribution is 0.731. The first-order valence-electron chi connectivity index (χ1n) is 18.2. The summed E-state index contributed by atoms with van der Waals surface area (Å²) in [7, 11) is 0. The summed E-state index contributed by atoms with van der Waals surface area (Å²) in [5.41, 5.74) is 19.0. The highest BCUT2D eigenvalue weighted by Crippen LogP contribution is 2.51. The smallest absolute Gasteiger partial charge is 0.0622 e. The van der Waals surface area contributed by atoms with Crippen LogP contribution in [0.3, 0.4) is 0 Å². The van der Waals surface area contributed by atoms with Gasteiger partial charge >= 0.3 is 0 Å². The Morgan fingerprint density at radius 2 is 1.20 bits per heavy atom. The lowest BCUT2D eigenvalue weighted by Crippen LogP contribution is -2.03. The molecular formula is C50H35N. The summed E-state index contributed by atoms with van der Waals surface area (Å²) in [6, 6.07) is 63.7. The summed E-state index contributed by atoms with van der Waals surface area (Å²) in [4.78, 5) is 0. The van der Waals surface area contributed by atoms with E-state index in [-0.39, 0.29) is 0 Å². The van der Waals surface area contributed by atoms with Gasteiger partial charge in [0.1, 0.15) is 0 Å². The van der Waals surface area contributed by atoms with Gasteiger partial charge in [0.05, 0.1) is 11.0 Å². The van der Waals surface area contributed by atoms with E-state index in [1.54, 1.807) is 0 Å². The predicted octanol–water partition coefficient (Wildman–Crippen LogP) is 12.9. The molecule has 0 spiro atoms. The maximum absolute atomic E-state index is 2.53. The number of rotatable bonds is 3. The summed E-state index contributed by atoms with van der Waals surface area (Å²) in [5.74, 6) is 0.314. The minimum absolute atomic E-state index is 0.314. The Kier molecular flexibility index (Phi) is 6.27. The van der Waals surface area contributed by atoms with Crippen molar-refractivity contribution >= 4 is 32.6 Å². The van der Waals surface area contributed by atoms with Crippen LogP contribution in [0.5, 0.6) is 0 Å². The van der Waals surface area contributed by atoms with Gasteiger partial charge in [-0.2, -0.15) is 0 Å². The van der Waals surface area contributed by atoms with Crippen LogP contribution in [-0.4, -0.2) is 4.57 Å². The summed E-state index contributed by atoms with van der Waals surface area (Å²) < 4.78 is 2.50. The normalized spacial score (nSPS) is 14.6. The highest BCUT2D eigenvalue weighted by atomic mass is 15.0. The van der Waals surface area contributed by atoms with Crippen LogP contribution < -0.4 is 0 Å². The minimum atomic E-state index is 0.314. The summed E-state index contributed by atoms with van der Waals surface area (Å²) >= 11 is 0. The van der Waals surface area contributed by atoms with E-state index >= 15 is 0 Å². The van der Waals surface area contributed by atoms with Crippen molar-refractivity contribution in [2.24, 2.45) is 0 Å². The van der Waals surface area contributed by atoms with Crippen molar-refractivity contribution in [2.45, 2.75) is 25.2 Å². The molecule has 1 nitrogen and oxygen atoms in total. The fraction of sp³-hybridized carbons (Fsp3) is 0.0800. The molecular weight excluding hydrogens is 615 g/mol. The van der Waals surface area contributed by atoms with Gasteiger partial charge < -0.3 is 4.57 Å². The molecule has 0 amide bonds. The SMILES string of the molecule is c1ccc(-n2c3ccccc3c3cc(-c4ccc5c(c4)-c4ccccc4CCC5c4cccc5ccccc45)c4c(c32)-c2ccccc2C4)cc1. The third kappa shape index (κ3) is 4.28. The van der Waals surface area contributed by atoms with Crippen molar-refractivity contribution in [1.29, 1.82) is 0 Å². The van der Waals surface area contributed by atoms with Crippen molar-refractivity contribution in [3.63, 3.8) is 0 Å². The van der Waals surface area contributed by atoms with Crippen LogP contribution in [0.4, 0.5) is 0 Å². The molecule has 51 heavy (non-hydrogen) atoms. The molecule has 1 unspecified atom stereocenters. The Morgan fingerprint density at radius 3 is 2.10 bits per heavy atom. The van der Waals surface area contributed by atoms with Gasteiger partial charge in [-0.1, -0.05) is 140 Å². The second-order valence-corrected chi connectivity index (χ2v) is 14.3. The number of nitrogens with zero attached hydrogens (tertiary/aromatic N) is 1. The van der Waals surface area contributed by atoms with E-state index in [2.05, 4.69) is 174 Å². The molecule has 1 aromatic heterocycles. The van der Waals surface area contributed by atoms with E-state index < -0.39 is 0 Å². The molecule has 11 rings (SSSR count). The zero-order valence-corrected chi connectivity index (χ0v) is 28.3. The first-order chi connectivity index (χ1) is 25.3. The highest BCUT2D eigenvalue weighted by Gasteiger charge is 2.30. The Morgan fingerprint density at radius 1 is 0.471 bits per heavy atom. The van der Waals surface area contributed by atoms with Gasteiger partial charge in [0.15, 0.2) is 0 Å². The second kappa shape index (κ2) is 11.2. The summed E-state index contributed by atoms with van der Waals surface area (Å²) in [5, 5.41) is 5.28. The Balaban J connectivity index is 1.20. The minimum Gasteiger partial charge on any atom is -0.309 e. The zero-order valence-electron chi connectivity index (χ0n) is 28.3. The number of benzene rings is 8. The molecule has 1 heteroatoms. The van der Waals surface area contributed by atoms with E-state index in [0.29, 0.717) is 5.92 Å². The molecule has 240 valence electrons. The van der Waals surface area contributed by atoms with Gasteiger partial charge in [0.2, 0.25) is 0 Å². The Labute approximate surface area is 298 Å². The zero-order chi connectivity index (χ0) is 33.5. The lowest BCUT2D eigenvalue weighted by Gasteiger charge is -2.22. The van der Waals surface area contributed by atoms with Crippen LogP contribution >= 0.6 is 0 Å². The summed E-state index contributed by atoms with van der Waals surface area (Å²) in [6.07, 6.45) is 3.08. The molecule has 0 saturated heterocycles. The maximum Gasteiger partial charge on any atom is 0.0622 e. The predicted molar refractivity (Wildman–Crippen MR) is 214 cm³/mol. The van der Waals surface area contributed by atoms with Crippen molar-refractivity contribution in [2.75, 3.05) is 0 Å². The molecule has 1 heterocycles. The average Bonchev–Trinajstić information content (AvgIpc) is 3.69. The van der Waals surface area contributed by atoms with Gasteiger partial charge in [-0.25, -0.2) is 0 Å². The Hall–Kier alpha value is -6.18. The molecule has 2 aliphatic rings. The van der Waals surface area contributed by atoms with E-state index in [1.165, 1.54) is 99.5 Å². The molecule has 9 aromatic rings. The van der Waals surface area contributed by atoms with Gasteiger partial charge in [-0.05, 0) is 116 Å². The molecule has 0 bridgehead atoms. The highest BCUT2D eigenvalue weighted by molar-refractivity contribution is 6.17. The number of aromatic nitrogens is 1. The van der Waals surface area contributed by atoms with E-state index in [4.69, 9.17) is 0 Å². The number of hydrogen-bond acceptors (Lipinski definition) is 0. The maximum atomic E-state index is 2.53. The second-order valence-electron chi connectivity index (χ2n) is 14.3. The quantitative estimate of drug-likeness (QED) is 0.179. The molecule has 0 saturated carbocycles. The molecule has 8 aromatic carbocycles. The average molecular weight is 650 g/mol. The van der Waals surface area contributed by atoms with E-state index in [1.807, 2.05) is 0 Å². The van der Waals surface area contributed by atoms with Crippen LogP contribution in [-0.2, 0) is 12.8 Å². The lowest BCUT2D eigenvalue weighted by atomic mass is 9.82. The van der Waals surface area contributed by atoms with Crippen molar-refractivity contribution in [3.05, 3.63) is 198 Å². The monoisotopic (exact) mass is 649 g/mol. The number of para-hydroxylation sites is 2. The first-order valence-corrected chi connectivity index (χ1v) is 18.2. The van der Waals surface area contributed by atoms with Gasteiger partial charge in [-0.3, -0.25) is 0 Å². The van der Waals surface area contributed by atoms with E-state index in [0.717, 1.165) is 19.3 Å². The molecule has 0 aliphatic heterocycles. The fourth-order valence-electron chi connectivity index (χ4n) is 9.45. The third-order valence-electron chi connectivity index (χ3n) is 11.7. The number of hydrogen-bond donors (Lipinski definition) is 0. The topological polar surface area (TPSA) is 4.93 Å². The van der Waals surface area contributed by atoms with Crippen molar-refractivity contribution < 1.29 is 0 Å². The first kappa shape index (κ1) is 28.6. The van der Waals surface area contributed by atoms with Crippen LogP contribution in [0.25, 0.3) is 71.6 Å². The van der Waals surface area contributed by atoms with Crippen molar-refractivity contribution in [3.8, 4) is 39.1 Å². The van der Waals surface area contributed by atoms with Gasteiger partial charge in [0, 0.05) is 27.9 Å². The number of fused-ring (bicyclic) bond motifs is 11. The largest absolute Gasteiger partial charge is 0.309 e. The molecule has 2 aliphatic carbocycles. The molecule has 0 N–H and O–H groups in total. The van der Waals surface area contributed by atoms with Crippen LogP contribution in [0.1, 0.15) is 40.2 Å². The van der Waals surface area contributed by atoms with Crippen LogP contribution in [0.15, 0.2) is 170 Å². The third-order valence-corrected chi connectivity index (χ3v) is 11.7. The molecule has 0 radical (unpaired) electrons. The fourth-order valence-corrected chi connectivity index (χ4v) is 9.45. The van der Waals surface area contributed by atoms with Crippen molar-refractivity contribution in [1.82, 2.24) is 4.57 Å². The summed E-state index contributed by atoms with van der Waals surface area (Å²) in [6.45, 7) is 0. The Bertz CT molecular complexity index is 2830.